The van der Waals surface area contributed by atoms with E-state index in [1.165, 1.54) is 6.42 Å². The van der Waals surface area contributed by atoms with Crippen LogP contribution in [0.15, 0.2) is 0 Å². The molecule has 0 aromatic heterocycles. The van der Waals surface area contributed by atoms with Crippen LogP contribution in [0, 0.1) is 5.41 Å². The maximum absolute atomic E-state index is 9.00. The van der Waals surface area contributed by atoms with Gasteiger partial charge in [-0.2, -0.15) is 0 Å². The van der Waals surface area contributed by atoms with Gasteiger partial charge in [-0.05, 0) is 6.42 Å². The van der Waals surface area contributed by atoms with Crippen LogP contribution in [0.1, 0.15) is 33.6 Å². The third-order valence-electron chi connectivity index (χ3n) is 2.10. The number of ether oxygens (including phenoxy) is 1. The van der Waals surface area contributed by atoms with Gasteiger partial charge in [0.15, 0.2) is 0 Å². The minimum absolute atomic E-state index is 0.0244. The third kappa shape index (κ3) is 8.48. The molecule has 0 radical (unpaired) electrons. The van der Waals surface area contributed by atoms with Crippen LogP contribution in [0.25, 0.3) is 0 Å². The van der Waals surface area contributed by atoms with Crippen molar-refractivity contribution in [3.8, 4) is 0 Å². The van der Waals surface area contributed by atoms with E-state index in [9.17, 15) is 0 Å². The van der Waals surface area contributed by atoms with Gasteiger partial charge < -0.3 is 15.2 Å². The molecule has 0 bridgehead atoms. The molecule has 0 rings (SSSR count). The van der Waals surface area contributed by atoms with Gasteiger partial charge in [-0.3, -0.25) is 0 Å². The molecule has 0 fully saturated rings. The van der Waals surface area contributed by atoms with E-state index in [1.807, 2.05) is 13.8 Å². The monoisotopic (exact) mass is 203 g/mol. The Hall–Kier alpha value is -0.120. The van der Waals surface area contributed by atoms with E-state index in [2.05, 4.69) is 12.2 Å². The number of unbranched alkanes of at least 4 members (excludes halogenated alkanes) is 1. The first-order valence-corrected chi connectivity index (χ1v) is 5.51. The second kappa shape index (κ2) is 8.21. The number of nitrogens with one attached hydrogen (secondary N) is 1. The van der Waals surface area contributed by atoms with E-state index in [0.29, 0.717) is 0 Å². The van der Waals surface area contributed by atoms with Gasteiger partial charge in [-0.1, -0.05) is 27.2 Å². The summed E-state index contributed by atoms with van der Waals surface area (Å²) >= 11 is 0. The Kier molecular flexibility index (Phi) is 8.14. The number of aliphatic hydroxyl groups is 1. The van der Waals surface area contributed by atoms with Crippen molar-refractivity contribution >= 4 is 0 Å². The van der Waals surface area contributed by atoms with Crippen LogP contribution >= 0.6 is 0 Å². The van der Waals surface area contributed by atoms with E-state index in [-0.39, 0.29) is 12.0 Å². The molecule has 0 heterocycles. The smallest absolute Gasteiger partial charge is 0.0590 e. The van der Waals surface area contributed by atoms with Crippen molar-refractivity contribution in [2.24, 2.45) is 5.41 Å². The molecule has 0 aromatic rings. The Labute approximate surface area is 87.8 Å². The van der Waals surface area contributed by atoms with Crippen molar-refractivity contribution in [1.82, 2.24) is 5.32 Å². The summed E-state index contributed by atoms with van der Waals surface area (Å²) in [5, 5.41) is 12.3. The van der Waals surface area contributed by atoms with Crippen molar-refractivity contribution in [2.75, 3.05) is 32.9 Å². The SMILES string of the molecule is CCCCOCCNCC(C)(C)CO. The molecule has 0 unspecified atom stereocenters. The number of hydrogen-bond acceptors (Lipinski definition) is 3. The lowest BCUT2D eigenvalue weighted by atomic mass is 9.95. The molecule has 0 atom stereocenters. The Morgan fingerprint density at radius 2 is 2.00 bits per heavy atom. The van der Waals surface area contributed by atoms with Crippen molar-refractivity contribution in [1.29, 1.82) is 0 Å². The topological polar surface area (TPSA) is 41.5 Å². The minimum Gasteiger partial charge on any atom is -0.396 e. The summed E-state index contributed by atoms with van der Waals surface area (Å²) in [7, 11) is 0. The summed E-state index contributed by atoms with van der Waals surface area (Å²) in [6, 6.07) is 0. The molecule has 2 N–H and O–H groups in total. The number of rotatable bonds is 9. The second-order valence-corrected chi connectivity index (χ2v) is 4.47. The molecule has 0 aliphatic heterocycles. The predicted molar refractivity (Wildman–Crippen MR) is 59.5 cm³/mol. The predicted octanol–water partition coefficient (Wildman–Crippen LogP) is 1.41. The largest absolute Gasteiger partial charge is 0.396 e. The molecule has 0 aliphatic carbocycles. The second-order valence-electron chi connectivity index (χ2n) is 4.47. The van der Waals surface area contributed by atoms with Gasteiger partial charge in [-0.15, -0.1) is 0 Å². The molecular weight excluding hydrogens is 178 g/mol. The van der Waals surface area contributed by atoms with Gasteiger partial charge in [0.25, 0.3) is 0 Å². The quantitative estimate of drug-likeness (QED) is 0.557. The standard InChI is InChI=1S/C11H25NO2/c1-4-5-7-14-8-6-12-9-11(2,3)10-13/h12-13H,4-10H2,1-3H3. The van der Waals surface area contributed by atoms with Crippen molar-refractivity contribution in [3.63, 3.8) is 0 Å². The maximum atomic E-state index is 9.00. The molecule has 3 nitrogen and oxygen atoms in total. The fourth-order valence-electron chi connectivity index (χ4n) is 0.975. The molecule has 0 spiro atoms. The van der Waals surface area contributed by atoms with Crippen LogP contribution in [0.5, 0.6) is 0 Å². The van der Waals surface area contributed by atoms with Crippen molar-refractivity contribution < 1.29 is 9.84 Å². The van der Waals surface area contributed by atoms with E-state index in [0.717, 1.165) is 32.7 Å². The van der Waals surface area contributed by atoms with Crippen molar-refractivity contribution in [2.45, 2.75) is 33.6 Å². The van der Waals surface area contributed by atoms with E-state index >= 15 is 0 Å². The Balaban J connectivity index is 3.13. The van der Waals surface area contributed by atoms with Gasteiger partial charge in [0.1, 0.15) is 0 Å². The van der Waals surface area contributed by atoms with Crippen LogP contribution in [0.2, 0.25) is 0 Å². The first-order chi connectivity index (χ1) is 6.62. The fraction of sp³-hybridized carbons (Fsp3) is 1.00. The summed E-state index contributed by atoms with van der Waals surface area (Å²) < 4.78 is 5.40. The summed E-state index contributed by atoms with van der Waals surface area (Å²) in [5.74, 6) is 0. The molecule has 3 heteroatoms. The molecule has 0 saturated carbocycles. The molecule has 0 aromatic carbocycles. The summed E-state index contributed by atoms with van der Waals surface area (Å²) in [6.45, 7) is 9.79. The lowest BCUT2D eigenvalue weighted by Gasteiger charge is -2.21. The zero-order valence-corrected chi connectivity index (χ0v) is 9.81. The highest BCUT2D eigenvalue weighted by molar-refractivity contribution is 4.69. The summed E-state index contributed by atoms with van der Waals surface area (Å²) in [5.41, 5.74) is -0.0244. The van der Waals surface area contributed by atoms with E-state index in [1.54, 1.807) is 0 Å². The summed E-state index contributed by atoms with van der Waals surface area (Å²) in [6.07, 6.45) is 2.33. The normalized spacial score (nSPS) is 12.0. The zero-order valence-electron chi connectivity index (χ0n) is 9.81. The molecular formula is C11H25NO2. The highest BCUT2D eigenvalue weighted by atomic mass is 16.5. The van der Waals surface area contributed by atoms with E-state index < -0.39 is 0 Å². The Bertz CT molecular complexity index is 126. The number of aliphatic hydroxyl groups excluding tert-OH is 1. The van der Waals surface area contributed by atoms with Gasteiger partial charge in [0.2, 0.25) is 0 Å². The van der Waals surface area contributed by atoms with Crippen LogP contribution in [0.4, 0.5) is 0 Å². The fourth-order valence-corrected chi connectivity index (χ4v) is 0.975. The summed E-state index contributed by atoms with van der Waals surface area (Å²) in [4.78, 5) is 0. The maximum Gasteiger partial charge on any atom is 0.0590 e. The lowest BCUT2D eigenvalue weighted by molar-refractivity contribution is 0.122. The molecule has 86 valence electrons. The average molecular weight is 203 g/mol. The highest BCUT2D eigenvalue weighted by Crippen LogP contribution is 2.10. The van der Waals surface area contributed by atoms with Crippen molar-refractivity contribution in [3.05, 3.63) is 0 Å². The molecule has 0 amide bonds. The zero-order chi connectivity index (χ0) is 10.9. The molecule has 0 saturated heterocycles. The van der Waals surface area contributed by atoms with Gasteiger partial charge in [0.05, 0.1) is 6.61 Å². The third-order valence-corrected chi connectivity index (χ3v) is 2.10. The van der Waals surface area contributed by atoms with Crippen LogP contribution in [-0.2, 0) is 4.74 Å². The highest BCUT2D eigenvalue weighted by Gasteiger charge is 2.14. The minimum atomic E-state index is -0.0244. The van der Waals surface area contributed by atoms with Gasteiger partial charge in [0, 0.05) is 31.7 Å². The van der Waals surface area contributed by atoms with Crippen LogP contribution in [0.3, 0.4) is 0 Å². The van der Waals surface area contributed by atoms with Gasteiger partial charge in [-0.25, -0.2) is 0 Å². The Morgan fingerprint density at radius 1 is 1.29 bits per heavy atom. The first-order valence-electron chi connectivity index (χ1n) is 5.51. The first kappa shape index (κ1) is 13.9. The lowest BCUT2D eigenvalue weighted by Crippen LogP contribution is -2.34. The van der Waals surface area contributed by atoms with E-state index in [4.69, 9.17) is 9.84 Å². The van der Waals surface area contributed by atoms with Gasteiger partial charge >= 0.3 is 0 Å². The van der Waals surface area contributed by atoms with Crippen LogP contribution < -0.4 is 5.32 Å². The van der Waals surface area contributed by atoms with Crippen LogP contribution in [-0.4, -0.2) is 38.0 Å². The number of hydrogen-bond donors (Lipinski definition) is 2. The Morgan fingerprint density at radius 3 is 2.57 bits per heavy atom. The molecule has 14 heavy (non-hydrogen) atoms. The molecule has 0 aliphatic rings. The average Bonchev–Trinajstić information content (AvgIpc) is 2.16.